The molecule has 0 aliphatic rings. The molecule has 11 heavy (non-hydrogen) atoms. The molecule has 0 aliphatic heterocycles. The molecule has 0 atom stereocenters. The minimum atomic E-state index is 0.936. The Morgan fingerprint density at radius 1 is 1.45 bits per heavy atom. The van der Waals surface area contributed by atoms with E-state index < -0.39 is 0 Å². The summed E-state index contributed by atoms with van der Waals surface area (Å²) in [4.78, 5) is 0. The first-order valence-corrected chi connectivity index (χ1v) is 5.02. The van der Waals surface area contributed by atoms with E-state index in [-0.39, 0.29) is 0 Å². The lowest BCUT2D eigenvalue weighted by Gasteiger charge is -2.05. The number of hydrogen-bond acceptors (Lipinski definition) is 1. The summed E-state index contributed by atoms with van der Waals surface area (Å²) in [6.07, 6.45) is 0. The molecule has 0 aromatic heterocycles. The lowest BCUT2D eigenvalue weighted by molar-refractivity contribution is 0.411. The molecule has 0 saturated carbocycles. The van der Waals surface area contributed by atoms with Crippen molar-refractivity contribution in [2.75, 3.05) is 7.11 Å². The standard InChI is InChI=1S/C8H8BrIO/c1-5-3-8(11-2)7(10)4-6(5)9/h3-4H,1-2H3. The molecule has 0 fully saturated rings. The van der Waals surface area contributed by atoms with E-state index in [2.05, 4.69) is 44.6 Å². The fourth-order valence-corrected chi connectivity index (χ4v) is 2.25. The van der Waals surface area contributed by atoms with Gasteiger partial charge < -0.3 is 4.74 Å². The third-order valence-electron chi connectivity index (χ3n) is 1.43. The Balaban J connectivity index is 3.21. The number of ether oxygens (including phenoxy) is 1. The van der Waals surface area contributed by atoms with Gasteiger partial charge >= 0.3 is 0 Å². The molecule has 0 saturated heterocycles. The summed E-state index contributed by atoms with van der Waals surface area (Å²) in [6.45, 7) is 2.04. The molecule has 60 valence electrons. The number of benzene rings is 1. The van der Waals surface area contributed by atoms with Gasteiger partial charge in [0.1, 0.15) is 5.75 Å². The number of rotatable bonds is 1. The zero-order chi connectivity index (χ0) is 8.43. The van der Waals surface area contributed by atoms with Crippen molar-refractivity contribution in [3.63, 3.8) is 0 Å². The minimum Gasteiger partial charge on any atom is -0.496 e. The second-order valence-corrected chi connectivity index (χ2v) is 4.25. The van der Waals surface area contributed by atoms with Crippen LogP contribution in [0.3, 0.4) is 0 Å². The van der Waals surface area contributed by atoms with Gasteiger partial charge in [0.15, 0.2) is 0 Å². The molecule has 0 aliphatic carbocycles. The third kappa shape index (κ3) is 2.08. The zero-order valence-electron chi connectivity index (χ0n) is 6.32. The molecule has 0 bridgehead atoms. The highest BCUT2D eigenvalue weighted by Crippen LogP contribution is 2.27. The molecule has 0 amide bonds. The SMILES string of the molecule is COc1cc(C)c(Br)cc1I. The summed E-state index contributed by atoms with van der Waals surface area (Å²) < 4.78 is 7.41. The number of hydrogen-bond donors (Lipinski definition) is 0. The van der Waals surface area contributed by atoms with E-state index in [1.54, 1.807) is 7.11 Å². The van der Waals surface area contributed by atoms with Crippen molar-refractivity contribution in [3.05, 3.63) is 25.7 Å². The average molecular weight is 327 g/mol. The van der Waals surface area contributed by atoms with Crippen LogP contribution in [0.5, 0.6) is 5.75 Å². The summed E-state index contributed by atoms with van der Waals surface area (Å²) in [5, 5.41) is 0. The van der Waals surface area contributed by atoms with Gasteiger partial charge in [0, 0.05) is 4.47 Å². The fourth-order valence-electron chi connectivity index (χ4n) is 0.787. The second-order valence-electron chi connectivity index (χ2n) is 2.24. The first-order chi connectivity index (χ1) is 5.15. The second kappa shape index (κ2) is 3.76. The Morgan fingerprint density at radius 3 is 2.64 bits per heavy atom. The van der Waals surface area contributed by atoms with Crippen LogP contribution in [0.25, 0.3) is 0 Å². The smallest absolute Gasteiger partial charge is 0.132 e. The van der Waals surface area contributed by atoms with Gasteiger partial charge in [-0.05, 0) is 47.2 Å². The van der Waals surface area contributed by atoms with E-state index in [1.807, 2.05) is 13.0 Å². The average Bonchev–Trinajstić information content (AvgIpc) is 1.97. The summed E-state index contributed by atoms with van der Waals surface area (Å²) in [5.41, 5.74) is 1.20. The van der Waals surface area contributed by atoms with Crippen LogP contribution in [0.4, 0.5) is 0 Å². The van der Waals surface area contributed by atoms with Crippen LogP contribution in [0.1, 0.15) is 5.56 Å². The normalized spacial score (nSPS) is 9.82. The molecular formula is C8H8BrIO. The van der Waals surface area contributed by atoms with Crippen molar-refractivity contribution in [2.45, 2.75) is 6.92 Å². The van der Waals surface area contributed by atoms with Crippen molar-refractivity contribution in [2.24, 2.45) is 0 Å². The minimum absolute atomic E-state index is 0.936. The van der Waals surface area contributed by atoms with Crippen molar-refractivity contribution in [1.82, 2.24) is 0 Å². The Labute approximate surface area is 88.4 Å². The van der Waals surface area contributed by atoms with E-state index in [9.17, 15) is 0 Å². The van der Waals surface area contributed by atoms with Crippen molar-refractivity contribution >= 4 is 38.5 Å². The van der Waals surface area contributed by atoms with Crippen LogP contribution < -0.4 is 4.74 Å². The molecule has 1 rings (SSSR count). The van der Waals surface area contributed by atoms with Gasteiger partial charge in [0.2, 0.25) is 0 Å². The fraction of sp³-hybridized carbons (Fsp3) is 0.250. The van der Waals surface area contributed by atoms with Gasteiger partial charge in [0.25, 0.3) is 0 Å². The molecule has 0 spiro atoms. The molecule has 0 heterocycles. The van der Waals surface area contributed by atoms with Crippen LogP contribution in [-0.2, 0) is 0 Å². The summed E-state index contributed by atoms with van der Waals surface area (Å²) in [5.74, 6) is 0.936. The van der Waals surface area contributed by atoms with Gasteiger partial charge in [-0.25, -0.2) is 0 Å². The van der Waals surface area contributed by atoms with E-state index in [4.69, 9.17) is 4.74 Å². The Kier molecular flexibility index (Phi) is 3.18. The van der Waals surface area contributed by atoms with Gasteiger partial charge in [-0.3, -0.25) is 0 Å². The highest BCUT2D eigenvalue weighted by molar-refractivity contribution is 14.1. The van der Waals surface area contributed by atoms with Crippen molar-refractivity contribution < 1.29 is 4.74 Å². The maximum absolute atomic E-state index is 5.15. The zero-order valence-corrected chi connectivity index (χ0v) is 10.1. The highest BCUT2D eigenvalue weighted by atomic mass is 127. The molecule has 3 heteroatoms. The van der Waals surface area contributed by atoms with Gasteiger partial charge in [-0.1, -0.05) is 15.9 Å². The monoisotopic (exact) mass is 326 g/mol. The van der Waals surface area contributed by atoms with Gasteiger partial charge in [-0.15, -0.1) is 0 Å². The highest BCUT2D eigenvalue weighted by Gasteiger charge is 2.02. The summed E-state index contributed by atoms with van der Waals surface area (Å²) in [6, 6.07) is 4.07. The van der Waals surface area contributed by atoms with Crippen molar-refractivity contribution in [3.8, 4) is 5.75 Å². The molecule has 1 aromatic carbocycles. The topological polar surface area (TPSA) is 9.23 Å². The third-order valence-corrected chi connectivity index (χ3v) is 3.13. The lowest BCUT2D eigenvalue weighted by Crippen LogP contribution is -1.88. The quantitative estimate of drug-likeness (QED) is 0.719. The van der Waals surface area contributed by atoms with Crippen LogP contribution >= 0.6 is 38.5 Å². The van der Waals surface area contributed by atoms with E-state index in [0.29, 0.717) is 0 Å². The number of methoxy groups -OCH3 is 1. The first kappa shape index (κ1) is 9.32. The molecular weight excluding hydrogens is 319 g/mol. The summed E-state index contributed by atoms with van der Waals surface area (Å²) >= 11 is 5.70. The maximum Gasteiger partial charge on any atom is 0.132 e. The predicted molar refractivity (Wildman–Crippen MR) is 58.1 cm³/mol. The maximum atomic E-state index is 5.15. The molecule has 1 aromatic rings. The van der Waals surface area contributed by atoms with E-state index >= 15 is 0 Å². The van der Waals surface area contributed by atoms with E-state index in [0.717, 1.165) is 13.8 Å². The van der Waals surface area contributed by atoms with E-state index in [1.165, 1.54) is 5.56 Å². The Hall–Kier alpha value is 0.230. The summed E-state index contributed by atoms with van der Waals surface area (Å²) in [7, 11) is 1.69. The molecule has 0 N–H and O–H groups in total. The van der Waals surface area contributed by atoms with Gasteiger partial charge in [-0.2, -0.15) is 0 Å². The molecule has 0 radical (unpaired) electrons. The van der Waals surface area contributed by atoms with Gasteiger partial charge in [0.05, 0.1) is 10.7 Å². The van der Waals surface area contributed by atoms with Crippen LogP contribution in [0, 0.1) is 10.5 Å². The number of aryl methyl sites for hydroxylation is 1. The molecule has 0 unspecified atom stereocenters. The lowest BCUT2D eigenvalue weighted by atomic mass is 10.2. The van der Waals surface area contributed by atoms with Crippen molar-refractivity contribution in [1.29, 1.82) is 0 Å². The van der Waals surface area contributed by atoms with Crippen LogP contribution in [0.15, 0.2) is 16.6 Å². The Bertz CT molecular complexity index is 273. The molecule has 1 nitrogen and oxygen atoms in total. The Morgan fingerprint density at radius 2 is 2.09 bits per heavy atom. The first-order valence-electron chi connectivity index (χ1n) is 3.15. The largest absolute Gasteiger partial charge is 0.496 e. The van der Waals surface area contributed by atoms with Crippen LogP contribution in [-0.4, -0.2) is 7.11 Å². The predicted octanol–water partition coefficient (Wildman–Crippen LogP) is 3.37. The number of halogens is 2. The van der Waals surface area contributed by atoms with Crippen LogP contribution in [0.2, 0.25) is 0 Å².